The Bertz CT molecular complexity index is 1870. The standard InChI is InChI=1S/C38H55N7O13S/c1-11-13-15-53-25-17-24(45(52)19-26(25)54-16-14-12-2)30(47)39-18-27(46)55-20-22-28(31(48)40-22)42-32(49)29(44-58-38(9,10)33(50)56-36(3,4)5)23-21-59-34(41-23)43-35(51)57-37(6,7)8/h17,19,21-22,28H,11-16,18,20H2,1-10H3,(H,39,47)(H,40,48)(H,42,49)(H,41,43,51)/b44-29-/t22-,28+/m1/s1. The molecule has 3 heterocycles. The molecule has 326 valence electrons. The first kappa shape index (κ1) is 47.6. The Kier molecular flexibility index (Phi) is 16.8. The minimum Gasteiger partial charge on any atom is -0.618 e. The molecule has 0 radical (unpaired) electrons. The van der Waals surface area contributed by atoms with Crippen molar-refractivity contribution < 1.29 is 62.0 Å². The number of thiazole rings is 1. The molecule has 1 aliphatic rings. The van der Waals surface area contributed by atoms with E-state index in [4.69, 9.17) is 28.5 Å². The van der Waals surface area contributed by atoms with Crippen molar-refractivity contribution in [2.45, 2.75) is 124 Å². The van der Waals surface area contributed by atoms with E-state index < -0.39 is 83.5 Å². The van der Waals surface area contributed by atoms with Gasteiger partial charge in [-0.15, -0.1) is 11.3 Å². The maximum atomic E-state index is 13.7. The van der Waals surface area contributed by atoms with Crippen molar-refractivity contribution >= 4 is 57.9 Å². The highest BCUT2D eigenvalue weighted by molar-refractivity contribution is 7.14. The summed E-state index contributed by atoms with van der Waals surface area (Å²) in [5.41, 5.74) is -4.24. The largest absolute Gasteiger partial charge is 0.618 e. The predicted molar refractivity (Wildman–Crippen MR) is 213 cm³/mol. The molecular weight excluding hydrogens is 795 g/mol. The number of aromatic nitrogens is 2. The van der Waals surface area contributed by atoms with Crippen LogP contribution < -0.4 is 35.5 Å². The Labute approximate surface area is 346 Å². The van der Waals surface area contributed by atoms with Crippen molar-refractivity contribution in [3.63, 3.8) is 0 Å². The second kappa shape index (κ2) is 20.8. The molecule has 0 aliphatic carbocycles. The lowest BCUT2D eigenvalue weighted by Crippen LogP contribution is -2.71. The number of hydrogen-bond donors (Lipinski definition) is 4. The van der Waals surface area contributed by atoms with Crippen LogP contribution in [0.4, 0.5) is 9.93 Å². The molecule has 1 fully saturated rings. The maximum absolute atomic E-state index is 13.7. The average molecular weight is 850 g/mol. The number of oxime groups is 1. The molecule has 2 aromatic rings. The van der Waals surface area contributed by atoms with Crippen LogP contribution in [0, 0.1) is 5.21 Å². The zero-order valence-electron chi connectivity index (χ0n) is 35.1. The van der Waals surface area contributed by atoms with Crippen molar-refractivity contribution in [1.82, 2.24) is 20.9 Å². The highest BCUT2D eigenvalue weighted by Gasteiger charge is 2.43. The van der Waals surface area contributed by atoms with E-state index in [1.54, 1.807) is 41.5 Å². The summed E-state index contributed by atoms with van der Waals surface area (Å²) in [4.78, 5) is 86.7. The number of esters is 2. The molecule has 0 aromatic carbocycles. The summed E-state index contributed by atoms with van der Waals surface area (Å²) >= 11 is 0.934. The van der Waals surface area contributed by atoms with Gasteiger partial charge in [0.25, 0.3) is 11.6 Å². The van der Waals surface area contributed by atoms with E-state index in [2.05, 4.69) is 31.4 Å². The molecule has 2 atom stereocenters. The van der Waals surface area contributed by atoms with Gasteiger partial charge >= 0.3 is 23.9 Å². The van der Waals surface area contributed by atoms with Gasteiger partial charge in [-0.05, 0) is 68.2 Å². The first-order chi connectivity index (χ1) is 27.5. The highest BCUT2D eigenvalue weighted by atomic mass is 32.1. The third-order valence-corrected chi connectivity index (χ3v) is 8.43. The topological polar surface area (TPSA) is 258 Å². The summed E-state index contributed by atoms with van der Waals surface area (Å²) in [7, 11) is 0. The lowest BCUT2D eigenvalue weighted by Gasteiger charge is -2.36. The molecule has 4 amide bonds. The smallest absolute Gasteiger partial charge is 0.413 e. The molecule has 2 aromatic heterocycles. The van der Waals surface area contributed by atoms with E-state index in [9.17, 15) is 34.0 Å². The number of anilines is 1. The number of nitrogens with one attached hydrogen (secondary N) is 4. The van der Waals surface area contributed by atoms with Crippen LogP contribution in [0.25, 0.3) is 0 Å². The lowest BCUT2D eigenvalue weighted by molar-refractivity contribution is -0.608. The molecule has 1 saturated heterocycles. The fourth-order valence-electron chi connectivity index (χ4n) is 4.60. The van der Waals surface area contributed by atoms with E-state index in [1.165, 1.54) is 25.3 Å². The Hall–Kier alpha value is -5.73. The number of hydrogen-bond acceptors (Lipinski definition) is 16. The molecule has 0 bridgehead atoms. The number of carbonyl (C=O) groups is 6. The molecular formula is C38H55N7O13S. The van der Waals surface area contributed by atoms with Crippen LogP contribution in [-0.4, -0.2) is 102 Å². The highest BCUT2D eigenvalue weighted by Crippen LogP contribution is 2.27. The van der Waals surface area contributed by atoms with Gasteiger partial charge in [0.15, 0.2) is 16.6 Å². The van der Waals surface area contributed by atoms with Crippen LogP contribution >= 0.6 is 11.3 Å². The van der Waals surface area contributed by atoms with E-state index in [1.807, 2.05) is 13.8 Å². The van der Waals surface area contributed by atoms with Crippen LogP contribution in [0.15, 0.2) is 22.8 Å². The normalized spacial score (nSPS) is 15.5. The minimum atomic E-state index is -1.68. The molecule has 0 spiro atoms. The van der Waals surface area contributed by atoms with Crippen LogP contribution in [-0.2, 0) is 38.2 Å². The van der Waals surface area contributed by atoms with E-state index in [0.29, 0.717) is 17.9 Å². The van der Waals surface area contributed by atoms with Gasteiger partial charge in [0.1, 0.15) is 36.1 Å². The fraction of sp³-hybridized carbons (Fsp3) is 0.605. The summed E-state index contributed by atoms with van der Waals surface area (Å²) in [6, 6.07) is -0.888. The number of ether oxygens (including phenoxy) is 5. The van der Waals surface area contributed by atoms with Gasteiger partial charge in [-0.25, -0.2) is 14.6 Å². The zero-order chi connectivity index (χ0) is 44.1. The van der Waals surface area contributed by atoms with Gasteiger partial charge in [0, 0.05) is 5.38 Å². The molecule has 20 nitrogen and oxygen atoms in total. The molecule has 4 N–H and O–H groups in total. The Morgan fingerprint density at radius 3 is 2.17 bits per heavy atom. The second-order valence-corrected chi connectivity index (χ2v) is 16.6. The van der Waals surface area contributed by atoms with Gasteiger partial charge in [0.2, 0.25) is 23.5 Å². The predicted octanol–water partition coefficient (Wildman–Crippen LogP) is 3.28. The number of β-lactam (4-membered cyclic amide) rings is 1. The summed E-state index contributed by atoms with van der Waals surface area (Å²) < 4.78 is 27.7. The summed E-state index contributed by atoms with van der Waals surface area (Å²) in [6.45, 7) is 16.4. The van der Waals surface area contributed by atoms with Crippen molar-refractivity contribution in [3.8, 4) is 11.5 Å². The number of pyridine rings is 1. The van der Waals surface area contributed by atoms with Crippen molar-refractivity contribution in [2.75, 3.05) is 31.7 Å². The molecule has 1 aliphatic heterocycles. The van der Waals surface area contributed by atoms with Crippen LogP contribution in [0.1, 0.15) is 111 Å². The lowest BCUT2D eigenvalue weighted by atomic mass is 9.99. The zero-order valence-corrected chi connectivity index (χ0v) is 35.9. The van der Waals surface area contributed by atoms with Gasteiger partial charge < -0.3 is 49.7 Å². The van der Waals surface area contributed by atoms with E-state index in [0.717, 1.165) is 43.2 Å². The fourth-order valence-corrected chi connectivity index (χ4v) is 5.29. The average Bonchev–Trinajstić information content (AvgIpc) is 3.58. The SMILES string of the molecule is CCCCOc1cc(C(=O)NCC(=O)OC[C@H]2NC(=O)[C@H]2NC(=O)/C(=N\OC(C)(C)C(=O)OC(C)(C)C)c2csc(NC(=O)OC(C)(C)C)n2)[n+]([O-])cc1OCCCC. The first-order valence-electron chi connectivity index (χ1n) is 19.1. The minimum absolute atomic E-state index is 0.0404. The Balaban J connectivity index is 1.69. The van der Waals surface area contributed by atoms with Crippen LogP contribution in [0.5, 0.6) is 11.5 Å². The van der Waals surface area contributed by atoms with Crippen molar-refractivity contribution in [2.24, 2.45) is 5.16 Å². The Morgan fingerprint density at radius 2 is 1.58 bits per heavy atom. The second-order valence-electron chi connectivity index (χ2n) is 15.8. The Morgan fingerprint density at radius 1 is 0.949 bits per heavy atom. The maximum Gasteiger partial charge on any atom is 0.413 e. The molecule has 3 rings (SSSR count). The summed E-state index contributed by atoms with van der Waals surface area (Å²) in [6.07, 6.45) is 3.51. The molecule has 21 heteroatoms. The van der Waals surface area contributed by atoms with Crippen molar-refractivity contribution in [1.29, 1.82) is 0 Å². The number of carbonyl (C=O) groups excluding carboxylic acids is 6. The van der Waals surface area contributed by atoms with Crippen LogP contribution in [0.2, 0.25) is 0 Å². The van der Waals surface area contributed by atoms with Crippen molar-refractivity contribution in [3.05, 3.63) is 34.2 Å². The van der Waals surface area contributed by atoms with Gasteiger partial charge in [0.05, 0.1) is 25.3 Å². The third-order valence-electron chi connectivity index (χ3n) is 7.67. The quantitative estimate of drug-likeness (QED) is 0.0218. The first-order valence-corrected chi connectivity index (χ1v) is 19.9. The number of rotatable bonds is 20. The van der Waals surface area contributed by atoms with Gasteiger partial charge in [-0.1, -0.05) is 31.8 Å². The molecule has 0 unspecified atom stereocenters. The van der Waals surface area contributed by atoms with Gasteiger partial charge in [-0.2, -0.15) is 4.73 Å². The number of amides is 4. The van der Waals surface area contributed by atoms with E-state index >= 15 is 0 Å². The van der Waals surface area contributed by atoms with Gasteiger partial charge in [-0.3, -0.25) is 24.5 Å². The molecule has 59 heavy (non-hydrogen) atoms. The number of nitrogens with zero attached hydrogens (tertiary/aromatic N) is 3. The third kappa shape index (κ3) is 15.2. The summed E-state index contributed by atoms with van der Waals surface area (Å²) in [5, 5.41) is 27.9. The number of unbranched alkanes of at least 4 members (excludes halogenated alkanes) is 2. The summed E-state index contributed by atoms with van der Waals surface area (Å²) in [5.74, 6) is -3.76. The van der Waals surface area contributed by atoms with E-state index in [-0.39, 0.29) is 28.0 Å². The molecule has 0 saturated carbocycles. The van der Waals surface area contributed by atoms with Crippen LogP contribution in [0.3, 0.4) is 0 Å². The monoisotopic (exact) mass is 849 g/mol.